The Kier molecular flexibility index (Phi) is 8.18. The average molecular weight is 543 g/mol. The number of hydrogen-bond donors (Lipinski definition) is 2. The summed E-state index contributed by atoms with van der Waals surface area (Å²) in [4.78, 5) is 38.7. The number of esters is 2. The van der Waals surface area contributed by atoms with E-state index in [0.717, 1.165) is 23.2 Å². The van der Waals surface area contributed by atoms with Crippen LogP contribution in [0.4, 0.5) is 5.69 Å². The van der Waals surface area contributed by atoms with Crippen molar-refractivity contribution in [3.63, 3.8) is 0 Å². The number of fused-ring (bicyclic) bond motifs is 1. The van der Waals surface area contributed by atoms with E-state index in [1.54, 1.807) is 18.2 Å². The van der Waals surface area contributed by atoms with Crippen LogP contribution in [0.5, 0.6) is 0 Å². The lowest BCUT2D eigenvalue weighted by atomic mass is 9.99. The normalized spacial score (nSPS) is 20.2. The Morgan fingerprint density at radius 3 is 2.55 bits per heavy atom. The molecule has 2 heterocycles. The van der Waals surface area contributed by atoms with Gasteiger partial charge in [0.2, 0.25) is 0 Å². The number of benzene rings is 3. The molecular formula is C31H30N2O7. The third-order valence-electron chi connectivity index (χ3n) is 6.89. The molecule has 3 aromatic rings. The fourth-order valence-electron chi connectivity index (χ4n) is 4.87. The van der Waals surface area contributed by atoms with Gasteiger partial charge in [-0.2, -0.15) is 0 Å². The highest BCUT2D eigenvalue weighted by Crippen LogP contribution is 2.38. The van der Waals surface area contributed by atoms with Crippen molar-refractivity contribution in [3.8, 4) is 0 Å². The topological polar surface area (TPSA) is 114 Å². The van der Waals surface area contributed by atoms with Crippen molar-refractivity contribution >= 4 is 23.5 Å². The molecule has 1 unspecified atom stereocenters. The van der Waals surface area contributed by atoms with E-state index in [0.29, 0.717) is 18.7 Å². The Balaban J connectivity index is 1.35. The zero-order valence-electron chi connectivity index (χ0n) is 22.0. The maximum absolute atomic E-state index is 13.0. The van der Waals surface area contributed by atoms with E-state index in [-0.39, 0.29) is 35.5 Å². The summed E-state index contributed by atoms with van der Waals surface area (Å²) in [5.74, 6) is -1.93. The summed E-state index contributed by atoms with van der Waals surface area (Å²) < 4.78 is 17.4. The lowest BCUT2D eigenvalue weighted by Gasteiger charge is -2.37. The van der Waals surface area contributed by atoms with Crippen LogP contribution in [0.1, 0.15) is 66.6 Å². The molecule has 0 bridgehead atoms. The molecule has 206 valence electrons. The number of carbonyl (C=O) groups is 3. The molecule has 1 fully saturated rings. The minimum absolute atomic E-state index is 0.0291. The minimum Gasteiger partial charge on any atom is -0.392 e. The van der Waals surface area contributed by atoms with E-state index in [1.165, 1.54) is 18.2 Å². The van der Waals surface area contributed by atoms with Crippen molar-refractivity contribution in [2.75, 3.05) is 25.5 Å². The highest BCUT2D eigenvalue weighted by molar-refractivity contribution is 6.16. The van der Waals surface area contributed by atoms with Gasteiger partial charge in [-0.15, -0.1) is 6.58 Å². The fraction of sp³-hybridized carbons (Fsp3) is 0.258. The smallest absolute Gasteiger partial charge is 0.346 e. The van der Waals surface area contributed by atoms with E-state index < -0.39 is 24.1 Å². The predicted octanol–water partition coefficient (Wildman–Crippen LogP) is 4.41. The van der Waals surface area contributed by atoms with Gasteiger partial charge in [-0.1, -0.05) is 42.5 Å². The van der Waals surface area contributed by atoms with Crippen LogP contribution in [0.2, 0.25) is 0 Å². The largest absolute Gasteiger partial charge is 0.392 e. The quantitative estimate of drug-likeness (QED) is 0.232. The number of likely N-dealkylation sites (N-methyl/N-ethyl adjacent to an activating group) is 1. The second-order valence-electron chi connectivity index (χ2n) is 9.88. The molecule has 0 aromatic heterocycles. The summed E-state index contributed by atoms with van der Waals surface area (Å²) in [6.45, 7) is 5.18. The van der Waals surface area contributed by atoms with E-state index in [1.807, 2.05) is 43.5 Å². The number of cyclic esters (lactones) is 2. The van der Waals surface area contributed by atoms with Gasteiger partial charge in [0.05, 0.1) is 29.9 Å². The molecule has 40 heavy (non-hydrogen) atoms. The number of anilines is 1. The van der Waals surface area contributed by atoms with Crippen LogP contribution in [-0.2, 0) is 20.8 Å². The van der Waals surface area contributed by atoms with Crippen LogP contribution in [0.3, 0.4) is 0 Å². The number of rotatable bonds is 9. The summed E-state index contributed by atoms with van der Waals surface area (Å²) >= 11 is 0. The van der Waals surface area contributed by atoms with Crippen LogP contribution in [-0.4, -0.2) is 54.1 Å². The zero-order chi connectivity index (χ0) is 28.2. The molecule has 0 radical (unpaired) electrons. The molecule has 0 aliphatic carbocycles. The Morgan fingerprint density at radius 2 is 1.80 bits per heavy atom. The summed E-state index contributed by atoms with van der Waals surface area (Å²) in [6, 6.07) is 19.1. The lowest BCUT2D eigenvalue weighted by Crippen LogP contribution is -2.37. The van der Waals surface area contributed by atoms with Gasteiger partial charge in [-0.25, -0.2) is 9.59 Å². The second-order valence-corrected chi connectivity index (χ2v) is 9.88. The number of ether oxygens (including phenoxy) is 3. The van der Waals surface area contributed by atoms with Crippen molar-refractivity contribution in [1.82, 2.24) is 4.90 Å². The highest BCUT2D eigenvalue weighted by atomic mass is 16.7. The highest BCUT2D eigenvalue weighted by Gasteiger charge is 2.33. The molecule has 9 heteroatoms. The van der Waals surface area contributed by atoms with Crippen molar-refractivity contribution in [1.29, 1.82) is 0 Å². The molecule has 0 spiro atoms. The first kappa shape index (κ1) is 27.4. The van der Waals surface area contributed by atoms with E-state index in [2.05, 4.69) is 21.5 Å². The Morgan fingerprint density at radius 1 is 1.02 bits per heavy atom. The van der Waals surface area contributed by atoms with Crippen LogP contribution < -0.4 is 5.32 Å². The number of aliphatic hydroxyl groups is 1. The molecule has 1 amide bonds. The molecule has 3 aromatic carbocycles. The number of carbonyl (C=O) groups excluding carboxylic acids is 3. The molecule has 3 atom stereocenters. The fourth-order valence-corrected chi connectivity index (χ4v) is 4.87. The summed E-state index contributed by atoms with van der Waals surface area (Å²) in [5, 5.41) is 12.3. The zero-order valence-corrected chi connectivity index (χ0v) is 22.0. The first-order valence-corrected chi connectivity index (χ1v) is 13.0. The van der Waals surface area contributed by atoms with Gasteiger partial charge >= 0.3 is 11.9 Å². The Hall–Kier alpha value is -4.15. The SMILES string of the molecule is C=CCN(C)C[C@@H]1C[C@H](c2ccc(CO)cc2)OC(c2cccc(NC(=O)c3ccc4c(c3)C(=O)OC4=O)c2)O1. The van der Waals surface area contributed by atoms with E-state index in [4.69, 9.17) is 9.47 Å². The summed E-state index contributed by atoms with van der Waals surface area (Å²) in [5.41, 5.74) is 3.49. The number of aliphatic hydroxyl groups excluding tert-OH is 1. The van der Waals surface area contributed by atoms with Gasteiger partial charge in [-0.3, -0.25) is 4.79 Å². The van der Waals surface area contributed by atoms with Gasteiger partial charge < -0.3 is 29.5 Å². The molecule has 2 aliphatic heterocycles. The number of amides is 1. The van der Waals surface area contributed by atoms with Gasteiger partial charge in [-0.05, 0) is 48.5 Å². The van der Waals surface area contributed by atoms with Gasteiger partial charge in [0.15, 0.2) is 6.29 Å². The molecule has 9 nitrogen and oxygen atoms in total. The van der Waals surface area contributed by atoms with Gasteiger partial charge in [0, 0.05) is 36.3 Å². The average Bonchev–Trinajstić information content (AvgIpc) is 3.25. The molecule has 1 saturated heterocycles. The van der Waals surface area contributed by atoms with Crippen molar-refractivity contribution in [2.24, 2.45) is 0 Å². The Labute approximate surface area is 232 Å². The maximum atomic E-state index is 13.0. The van der Waals surface area contributed by atoms with E-state index >= 15 is 0 Å². The van der Waals surface area contributed by atoms with Crippen LogP contribution in [0.25, 0.3) is 0 Å². The number of hydrogen-bond acceptors (Lipinski definition) is 8. The van der Waals surface area contributed by atoms with Crippen molar-refractivity contribution < 1.29 is 33.7 Å². The van der Waals surface area contributed by atoms with Gasteiger partial charge in [0.25, 0.3) is 5.91 Å². The molecule has 2 N–H and O–H groups in total. The third-order valence-corrected chi connectivity index (χ3v) is 6.89. The molecule has 2 aliphatic rings. The molecule has 0 saturated carbocycles. The first-order valence-electron chi connectivity index (χ1n) is 13.0. The Bertz CT molecular complexity index is 1440. The van der Waals surface area contributed by atoms with Gasteiger partial charge in [0.1, 0.15) is 0 Å². The minimum atomic E-state index is -0.767. The van der Waals surface area contributed by atoms with Crippen molar-refractivity contribution in [3.05, 3.63) is 113 Å². The van der Waals surface area contributed by atoms with E-state index in [9.17, 15) is 19.5 Å². The third kappa shape index (κ3) is 6.03. The number of nitrogens with one attached hydrogen (secondary N) is 1. The lowest BCUT2D eigenvalue weighted by molar-refractivity contribution is -0.252. The summed E-state index contributed by atoms with van der Waals surface area (Å²) in [7, 11) is 2.01. The predicted molar refractivity (Wildman–Crippen MR) is 147 cm³/mol. The van der Waals surface area contributed by atoms with Crippen LogP contribution in [0, 0.1) is 0 Å². The standard InChI is InChI=1S/C31H30N2O7/c1-3-13-33(2)17-24-16-27(20-9-7-19(18-34)8-10-20)39-31(38-24)22-5-4-6-23(14-22)32-28(35)21-11-12-25-26(15-21)30(37)40-29(25)36/h3-12,14-15,24,27,31,34H,1,13,16-18H2,2H3,(H,32,35)/t24-,27+,31?/m0/s1. The van der Waals surface area contributed by atoms with Crippen LogP contribution >= 0.6 is 0 Å². The number of nitrogens with zero attached hydrogens (tertiary/aromatic N) is 1. The van der Waals surface area contributed by atoms with Crippen molar-refractivity contribution in [2.45, 2.75) is 31.5 Å². The second kappa shape index (κ2) is 11.9. The monoisotopic (exact) mass is 542 g/mol. The first-order chi connectivity index (χ1) is 19.3. The molecule has 5 rings (SSSR count). The maximum Gasteiger partial charge on any atom is 0.346 e. The summed E-state index contributed by atoms with van der Waals surface area (Å²) in [6.07, 6.45) is 1.45. The van der Waals surface area contributed by atoms with Crippen LogP contribution in [0.15, 0.2) is 79.4 Å². The molecular weight excluding hydrogens is 512 g/mol.